The number of rotatable bonds is 11. The summed E-state index contributed by atoms with van der Waals surface area (Å²) in [5, 5.41) is 13.1. The molecule has 1 fully saturated rings. The van der Waals surface area contributed by atoms with Crippen LogP contribution in [0.4, 0.5) is 0 Å². The fraction of sp³-hybridized carbons (Fsp3) is 0.195. The van der Waals surface area contributed by atoms with Crippen LogP contribution in [0.3, 0.4) is 0 Å². The molecule has 0 spiro atoms. The van der Waals surface area contributed by atoms with E-state index < -0.39 is 6.29 Å². The van der Waals surface area contributed by atoms with E-state index in [0.717, 1.165) is 44.8 Å². The Morgan fingerprint density at radius 1 is 0.800 bits per heavy atom. The van der Waals surface area contributed by atoms with Gasteiger partial charge < -0.3 is 24.3 Å². The molecule has 7 rings (SSSR count). The predicted octanol–water partition coefficient (Wildman–Crippen LogP) is 8.41. The number of benzene rings is 4. The smallest absolute Gasteiger partial charge is 0.256 e. The number of nitrogens with one attached hydrogen (secondary N) is 1. The SMILES string of the molecule is C[C@H]1[C@@H](CSc2nc(-c3ccccc3)c(-c3ccccc3)o2)O[C@@H](c2ccc(CNC(=O)c3cccnc3)cc2)O[C@H]1c1ccc(CO)cc1. The van der Waals surface area contributed by atoms with E-state index in [9.17, 15) is 9.90 Å². The van der Waals surface area contributed by atoms with Crippen LogP contribution in [0, 0.1) is 5.92 Å². The minimum absolute atomic E-state index is 0.00200. The lowest BCUT2D eigenvalue weighted by Gasteiger charge is -2.41. The molecule has 9 heteroatoms. The van der Waals surface area contributed by atoms with Crippen LogP contribution in [-0.2, 0) is 22.6 Å². The Hall–Kier alpha value is -5.06. The van der Waals surface area contributed by atoms with E-state index in [2.05, 4.69) is 17.2 Å². The predicted molar refractivity (Wildman–Crippen MR) is 193 cm³/mol. The zero-order valence-electron chi connectivity index (χ0n) is 27.5. The van der Waals surface area contributed by atoms with Crippen LogP contribution in [0.2, 0.25) is 0 Å². The highest BCUT2D eigenvalue weighted by Crippen LogP contribution is 2.44. The number of carbonyl (C=O) groups excluding carboxylic acids is 1. The highest BCUT2D eigenvalue weighted by Gasteiger charge is 2.38. The van der Waals surface area contributed by atoms with E-state index in [4.69, 9.17) is 18.9 Å². The molecule has 1 saturated heterocycles. The van der Waals surface area contributed by atoms with Crippen molar-refractivity contribution in [2.75, 3.05) is 5.75 Å². The molecular formula is C41H37N3O5S. The maximum atomic E-state index is 12.5. The molecule has 1 aliphatic heterocycles. The van der Waals surface area contributed by atoms with Gasteiger partial charge in [-0.15, -0.1) is 0 Å². The van der Waals surface area contributed by atoms with Gasteiger partial charge in [0.05, 0.1) is 24.4 Å². The summed E-state index contributed by atoms with van der Waals surface area (Å²) in [5.41, 5.74) is 6.96. The maximum absolute atomic E-state index is 12.5. The molecule has 4 atom stereocenters. The third-order valence-corrected chi connectivity index (χ3v) is 9.73. The number of aliphatic hydroxyl groups is 1. The normalized spacial score (nSPS) is 18.8. The van der Waals surface area contributed by atoms with Gasteiger partial charge in [0.15, 0.2) is 12.1 Å². The fourth-order valence-electron chi connectivity index (χ4n) is 5.98. The first-order chi connectivity index (χ1) is 24.6. The number of hydrogen-bond donors (Lipinski definition) is 2. The third kappa shape index (κ3) is 7.72. The summed E-state index contributed by atoms with van der Waals surface area (Å²) in [6, 6.07) is 39.4. The van der Waals surface area contributed by atoms with Gasteiger partial charge >= 0.3 is 0 Å². The van der Waals surface area contributed by atoms with Gasteiger partial charge in [-0.05, 0) is 28.8 Å². The number of amides is 1. The number of aromatic nitrogens is 2. The van der Waals surface area contributed by atoms with E-state index in [-0.39, 0.29) is 30.6 Å². The van der Waals surface area contributed by atoms with Gasteiger partial charge in [0.2, 0.25) is 0 Å². The second-order valence-electron chi connectivity index (χ2n) is 12.2. The number of nitrogens with zero attached hydrogens (tertiary/aromatic N) is 2. The van der Waals surface area contributed by atoms with E-state index in [1.165, 1.54) is 11.8 Å². The van der Waals surface area contributed by atoms with Gasteiger partial charge in [0, 0.05) is 47.3 Å². The third-order valence-electron chi connectivity index (χ3n) is 8.81. The number of thioether (sulfide) groups is 1. The molecule has 3 heterocycles. The minimum atomic E-state index is -0.623. The Bertz CT molecular complexity index is 1930. The monoisotopic (exact) mass is 683 g/mol. The van der Waals surface area contributed by atoms with Crippen molar-refractivity contribution in [1.29, 1.82) is 0 Å². The topological polar surface area (TPSA) is 107 Å². The van der Waals surface area contributed by atoms with Gasteiger partial charge in [-0.1, -0.05) is 128 Å². The van der Waals surface area contributed by atoms with Crippen LogP contribution in [0.15, 0.2) is 143 Å². The average molecular weight is 684 g/mol. The van der Waals surface area contributed by atoms with Crippen molar-refractivity contribution < 1.29 is 23.8 Å². The summed E-state index contributed by atoms with van der Waals surface area (Å²) in [6.45, 7) is 2.50. The van der Waals surface area contributed by atoms with Crippen LogP contribution < -0.4 is 5.32 Å². The Labute approximate surface area is 295 Å². The van der Waals surface area contributed by atoms with Crippen molar-refractivity contribution in [3.63, 3.8) is 0 Å². The maximum Gasteiger partial charge on any atom is 0.256 e. The first-order valence-corrected chi connectivity index (χ1v) is 17.6. The Morgan fingerprint density at radius 2 is 1.48 bits per heavy atom. The van der Waals surface area contributed by atoms with Crippen molar-refractivity contribution in [2.45, 2.75) is 43.8 Å². The van der Waals surface area contributed by atoms with Gasteiger partial charge in [-0.2, -0.15) is 0 Å². The quantitative estimate of drug-likeness (QED) is 0.131. The molecule has 0 unspecified atom stereocenters. The molecule has 0 radical (unpaired) electrons. The minimum Gasteiger partial charge on any atom is -0.431 e. The molecule has 0 saturated carbocycles. The number of hydrogen-bond acceptors (Lipinski definition) is 8. The van der Waals surface area contributed by atoms with Crippen LogP contribution in [0.25, 0.3) is 22.6 Å². The number of ether oxygens (including phenoxy) is 2. The van der Waals surface area contributed by atoms with Crippen molar-refractivity contribution in [3.8, 4) is 22.6 Å². The second-order valence-corrected chi connectivity index (χ2v) is 13.2. The standard InChI is InChI=1S/C41H37N3O5S/c1-27-35(26-50-41-44-36(30-9-4-2-5-10-30)38(49-41)31-11-6-3-7-12-31)47-40(48-37(27)32-18-16-29(25-45)17-19-32)33-20-14-28(15-21-33)23-43-39(46)34-13-8-22-42-24-34/h2-22,24,27,35,37,40,45H,23,25-26H2,1H3,(H,43,46)/t27-,35+,37+,40+/m0/s1. The molecule has 1 amide bonds. The van der Waals surface area contributed by atoms with E-state index in [1.807, 2.05) is 109 Å². The van der Waals surface area contributed by atoms with Crippen LogP contribution in [0.5, 0.6) is 0 Å². The van der Waals surface area contributed by atoms with Crippen LogP contribution >= 0.6 is 11.8 Å². The number of oxazole rings is 1. The lowest BCUT2D eigenvalue weighted by atomic mass is 9.91. The molecule has 6 aromatic rings. The summed E-state index contributed by atoms with van der Waals surface area (Å²) < 4.78 is 19.7. The number of aliphatic hydroxyl groups excluding tert-OH is 1. The lowest BCUT2D eigenvalue weighted by Crippen LogP contribution is -2.38. The highest BCUT2D eigenvalue weighted by molar-refractivity contribution is 7.99. The summed E-state index contributed by atoms with van der Waals surface area (Å²) in [7, 11) is 0. The molecule has 0 aliphatic carbocycles. The van der Waals surface area contributed by atoms with Crippen molar-refractivity contribution in [3.05, 3.63) is 162 Å². The molecule has 4 aromatic carbocycles. The van der Waals surface area contributed by atoms with Gasteiger partial charge in [0.25, 0.3) is 11.1 Å². The Kier molecular flexibility index (Phi) is 10.5. The highest BCUT2D eigenvalue weighted by atomic mass is 32.2. The molecule has 1 aliphatic rings. The van der Waals surface area contributed by atoms with Crippen LogP contribution in [-0.4, -0.2) is 32.8 Å². The number of carbonyl (C=O) groups is 1. The van der Waals surface area contributed by atoms with Crippen molar-refractivity contribution in [1.82, 2.24) is 15.3 Å². The largest absolute Gasteiger partial charge is 0.431 e. The summed E-state index contributed by atoms with van der Waals surface area (Å²) in [6.07, 6.45) is 2.11. The van der Waals surface area contributed by atoms with Crippen LogP contribution in [0.1, 0.15) is 51.9 Å². The molecule has 0 bridgehead atoms. The second kappa shape index (κ2) is 15.7. The fourth-order valence-corrected chi connectivity index (χ4v) is 6.96. The Balaban J connectivity index is 1.11. The van der Waals surface area contributed by atoms with Gasteiger partial charge in [0.1, 0.15) is 5.69 Å². The first-order valence-electron chi connectivity index (χ1n) is 16.6. The summed E-state index contributed by atoms with van der Waals surface area (Å²) >= 11 is 1.53. The van der Waals surface area contributed by atoms with E-state index in [0.29, 0.717) is 23.1 Å². The zero-order valence-corrected chi connectivity index (χ0v) is 28.3. The van der Waals surface area contributed by atoms with Gasteiger partial charge in [-0.25, -0.2) is 4.98 Å². The van der Waals surface area contributed by atoms with Gasteiger partial charge in [-0.3, -0.25) is 9.78 Å². The van der Waals surface area contributed by atoms with Crippen molar-refractivity contribution in [2.24, 2.45) is 5.92 Å². The van der Waals surface area contributed by atoms with E-state index >= 15 is 0 Å². The molecule has 2 N–H and O–H groups in total. The zero-order chi connectivity index (χ0) is 34.3. The number of pyridine rings is 1. The summed E-state index contributed by atoms with van der Waals surface area (Å²) in [4.78, 5) is 21.5. The lowest BCUT2D eigenvalue weighted by molar-refractivity contribution is -0.268. The average Bonchev–Trinajstić information content (AvgIpc) is 3.62. The Morgan fingerprint density at radius 3 is 2.16 bits per heavy atom. The molecule has 252 valence electrons. The van der Waals surface area contributed by atoms with Crippen molar-refractivity contribution >= 4 is 17.7 Å². The molecule has 50 heavy (non-hydrogen) atoms. The first kappa shape index (κ1) is 33.4. The summed E-state index contributed by atoms with van der Waals surface area (Å²) in [5.74, 6) is 1.14. The molecule has 8 nitrogen and oxygen atoms in total. The molecular weight excluding hydrogens is 647 g/mol. The van der Waals surface area contributed by atoms with E-state index in [1.54, 1.807) is 24.5 Å². The molecule has 2 aromatic heterocycles.